The second-order valence-electron chi connectivity index (χ2n) is 4.11. The Balaban J connectivity index is 2.24. The predicted molar refractivity (Wildman–Crippen MR) is 45.5 cm³/mol. The minimum Gasteiger partial charge on any atom is -0.448 e. The third kappa shape index (κ3) is 1.05. The van der Waals surface area contributed by atoms with E-state index in [1.807, 2.05) is 0 Å². The van der Waals surface area contributed by atoms with E-state index < -0.39 is 0 Å². The molecule has 0 spiro atoms. The van der Waals surface area contributed by atoms with E-state index in [0.717, 1.165) is 11.5 Å². The summed E-state index contributed by atoms with van der Waals surface area (Å²) in [6, 6.07) is 0. The molecule has 0 saturated heterocycles. The van der Waals surface area contributed by atoms with Gasteiger partial charge in [0.15, 0.2) is 6.39 Å². The number of hydrogen-bond donors (Lipinski definition) is 1. The van der Waals surface area contributed by atoms with Crippen LogP contribution in [0.15, 0.2) is 10.8 Å². The number of aromatic nitrogens is 1. The van der Waals surface area contributed by atoms with Crippen molar-refractivity contribution < 1.29 is 4.42 Å². The molecule has 0 bridgehead atoms. The van der Waals surface area contributed by atoms with Crippen LogP contribution < -0.4 is 5.73 Å². The highest BCUT2D eigenvalue weighted by Gasteiger charge is 2.49. The molecule has 1 saturated carbocycles. The summed E-state index contributed by atoms with van der Waals surface area (Å²) < 4.78 is 5.32. The van der Waals surface area contributed by atoms with Gasteiger partial charge in [-0.15, -0.1) is 0 Å². The van der Waals surface area contributed by atoms with E-state index in [4.69, 9.17) is 10.2 Å². The van der Waals surface area contributed by atoms with E-state index in [1.165, 1.54) is 12.8 Å². The third-order valence-electron chi connectivity index (χ3n) is 2.70. The van der Waals surface area contributed by atoms with Crippen molar-refractivity contribution in [3.8, 4) is 0 Å². The zero-order chi connectivity index (χ0) is 8.77. The first-order valence-corrected chi connectivity index (χ1v) is 4.27. The van der Waals surface area contributed by atoms with Crippen molar-refractivity contribution in [3.63, 3.8) is 0 Å². The van der Waals surface area contributed by atoms with Crippen LogP contribution in [-0.2, 0) is 6.54 Å². The number of hydrogen-bond acceptors (Lipinski definition) is 3. The van der Waals surface area contributed by atoms with Crippen LogP contribution in [0.4, 0.5) is 0 Å². The number of oxazole rings is 1. The fourth-order valence-corrected chi connectivity index (χ4v) is 1.63. The molecule has 0 aliphatic heterocycles. The van der Waals surface area contributed by atoms with E-state index >= 15 is 0 Å². The van der Waals surface area contributed by atoms with Crippen LogP contribution >= 0.6 is 0 Å². The van der Waals surface area contributed by atoms with E-state index in [-0.39, 0.29) is 0 Å². The molecule has 1 unspecified atom stereocenters. The Morgan fingerprint density at radius 1 is 1.75 bits per heavy atom. The second kappa shape index (κ2) is 2.33. The zero-order valence-electron chi connectivity index (χ0n) is 7.50. The van der Waals surface area contributed by atoms with Gasteiger partial charge in [-0.2, -0.15) is 0 Å². The Labute approximate surface area is 72.0 Å². The molecule has 0 amide bonds. The van der Waals surface area contributed by atoms with Crippen LogP contribution in [0.5, 0.6) is 0 Å². The van der Waals surface area contributed by atoms with E-state index in [2.05, 4.69) is 18.8 Å². The van der Waals surface area contributed by atoms with Crippen LogP contribution in [-0.4, -0.2) is 4.98 Å². The lowest BCUT2D eigenvalue weighted by molar-refractivity contribution is 0.475. The monoisotopic (exact) mass is 166 g/mol. The van der Waals surface area contributed by atoms with E-state index in [0.29, 0.717) is 17.9 Å². The van der Waals surface area contributed by atoms with Gasteiger partial charge in [-0.05, 0) is 11.8 Å². The lowest BCUT2D eigenvalue weighted by Crippen LogP contribution is -2.01. The minimum absolute atomic E-state index is 0.392. The maximum absolute atomic E-state index is 5.53. The van der Waals surface area contributed by atoms with Crippen LogP contribution in [0.25, 0.3) is 0 Å². The van der Waals surface area contributed by atoms with Gasteiger partial charge >= 0.3 is 0 Å². The van der Waals surface area contributed by atoms with Crippen molar-refractivity contribution in [2.24, 2.45) is 11.1 Å². The fourth-order valence-electron chi connectivity index (χ4n) is 1.63. The summed E-state index contributed by atoms with van der Waals surface area (Å²) in [4.78, 5) is 4.07. The predicted octanol–water partition coefficient (Wildman–Crippen LogP) is 1.65. The number of rotatable bonds is 2. The summed E-state index contributed by atoms with van der Waals surface area (Å²) >= 11 is 0. The Morgan fingerprint density at radius 3 is 2.92 bits per heavy atom. The Hall–Kier alpha value is -0.830. The summed E-state index contributed by atoms with van der Waals surface area (Å²) in [5.41, 5.74) is 6.84. The van der Waals surface area contributed by atoms with Crippen molar-refractivity contribution in [3.05, 3.63) is 17.8 Å². The molecule has 3 nitrogen and oxygen atoms in total. The highest BCUT2D eigenvalue weighted by Crippen LogP contribution is 2.59. The lowest BCUT2D eigenvalue weighted by atomic mass is 10.1. The summed E-state index contributed by atoms with van der Waals surface area (Å²) in [6.07, 6.45) is 2.68. The van der Waals surface area contributed by atoms with E-state index in [1.54, 1.807) is 0 Å². The third-order valence-corrected chi connectivity index (χ3v) is 2.70. The van der Waals surface area contributed by atoms with Gasteiger partial charge in [0.25, 0.3) is 0 Å². The van der Waals surface area contributed by atoms with E-state index in [9.17, 15) is 0 Å². The van der Waals surface area contributed by atoms with Crippen LogP contribution in [0.1, 0.15) is 37.6 Å². The Bertz CT molecular complexity index is 290. The molecule has 1 heterocycles. The van der Waals surface area contributed by atoms with Crippen LogP contribution in [0.3, 0.4) is 0 Å². The average Bonchev–Trinajstić information content (AvgIpc) is 2.51. The molecule has 1 aliphatic carbocycles. The SMILES string of the molecule is CC1(C)CC1c1ocnc1CN. The fraction of sp³-hybridized carbons (Fsp3) is 0.667. The van der Waals surface area contributed by atoms with Crippen LogP contribution in [0, 0.1) is 5.41 Å². The van der Waals surface area contributed by atoms with Gasteiger partial charge in [-0.25, -0.2) is 4.98 Å². The standard InChI is InChI=1S/C9H14N2O/c1-9(2)3-6(9)8-7(4-10)11-5-12-8/h5-6H,3-4,10H2,1-2H3. The lowest BCUT2D eigenvalue weighted by Gasteiger charge is -2.00. The van der Waals surface area contributed by atoms with Crippen molar-refractivity contribution in [2.45, 2.75) is 32.7 Å². The average molecular weight is 166 g/mol. The first-order valence-electron chi connectivity index (χ1n) is 4.27. The molecule has 66 valence electrons. The normalized spacial score (nSPS) is 25.8. The van der Waals surface area contributed by atoms with Gasteiger partial charge in [0.2, 0.25) is 0 Å². The Morgan fingerprint density at radius 2 is 2.42 bits per heavy atom. The molecule has 1 aromatic heterocycles. The Kier molecular flexibility index (Phi) is 1.51. The van der Waals surface area contributed by atoms with Crippen molar-refractivity contribution >= 4 is 0 Å². The van der Waals surface area contributed by atoms with Gasteiger partial charge in [0, 0.05) is 12.5 Å². The largest absolute Gasteiger partial charge is 0.448 e. The summed E-state index contributed by atoms with van der Waals surface area (Å²) in [6.45, 7) is 4.96. The second-order valence-corrected chi connectivity index (χ2v) is 4.11. The van der Waals surface area contributed by atoms with Gasteiger partial charge in [-0.3, -0.25) is 0 Å². The highest BCUT2D eigenvalue weighted by atomic mass is 16.3. The molecule has 2 N–H and O–H groups in total. The first kappa shape index (κ1) is 7.80. The summed E-state index contributed by atoms with van der Waals surface area (Å²) in [7, 11) is 0. The highest BCUT2D eigenvalue weighted by molar-refractivity contribution is 5.23. The maximum Gasteiger partial charge on any atom is 0.181 e. The molecule has 0 radical (unpaired) electrons. The zero-order valence-corrected chi connectivity index (χ0v) is 7.50. The van der Waals surface area contributed by atoms with Gasteiger partial charge in [-0.1, -0.05) is 13.8 Å². The molecule has 3 heteroatoms. The molecule has 12 heavy (non-hydrogen) atoms. The van der Waals surface area contributed by atoms with Crippen molar-refractivity contribution in [1.82, 2.24) is 4.98 Å². The molecule has 1 aliphatic rings. The quantitative estimate of drug-likeness (QED) is 0.726. The summed E-state index contributed by atoms with van der Waals surface area (Å²) in [5, 5.41) is 0. The number of nitrogens with zero attached hydrogens (tertiary/aromatic N) is 1. The molecule has 2 rings (SSSR count). The molecular weight excluding hydrogens is 152 g/mol. The molecule has 1 fully saturated rings. The summed E-state index contributed by atoms with van der Waals surface area (Å²) in [5.74, 6) is 1.54. The first-order chi connectivity index (χ1) is 5.65. The van der Waals surface area contributed by atoms with Crippen LogP contribution in [0.2, 0.25) is 0 Å². The molecule has 0 aromatic carbocycles. The number of nitrogens with two attached hydrogens (primary N) is 1. The van der Waals surface area contributed by atoms with Gasteiger partial charge in [0.1, 0.15) is 5.76 Å². The molecular formula is C9H14N2O. The smallest absolute Gasteiger partial charge is 0.181 e. The maximum atomic E-state index is 5.53. The minimum atomic E-state index is 0.392. The van der Waals surface area contributed by atoms with Gasteiger partial charge in [0.05, 0.1) is 5.69 Å². The van der Waals surface area contributed by atoms with Crippen molar-refractivity contribution in [2.75, 3.05) is 0 Å². The molecule has 1 aromatic rings. The molecule has 1 atom stereocenters. The van der Waals surface area contributed by atoms with Crippen molar-refractivity contribution in [1.29, 1.82) is 0 Å². The van der Waals surface area contributed by atoms with Gasteiger partial charge < -0.3 is 10.2 Å². The topological polar surface area (TPSA) is 52.0 Å².